The van der Waals surface area contributed by atoms with Crippen LogP contribution < -0.4 is 10.1 Å². The molecule has 1 atom stereocenters. The predicted octanol–water partition coefficient (Wildman–Crippen LogP) is 1.54. The standard InChI is InChI=1S/C19H21N3O5S2/c1-13-19(24)20-16-12-15(4-5-17(16)27-13)29(25,26)22-8-6-21(7-9-22)18(23)11-14-3-2-10-28-14/h2-5,10,12-13H,6-9,11H2,1H3,(H,20,24)/t13-/m0/s1. The third-order valence-corrected chi connectivity index (χ3v) is 7.79. The van der Waals surface area contributed by atoms with Gasteiger partial charge in [-0.1, -0.05) is 6.07 Å². The molecule has 0 radical (unpaired) electrons. The van der Waals surface area contributed by atoms with Crippen molar-refractivity contribution in [2.75, 3.05) is 31.5 Å². The molecule has 1 saturated heterocycles. The number of carbonyl (C=O) groups excluding carboxylic acids is 2. The first-order valence-corrected chi connectivity index (χ1v) is 11.6. The van der Waals surface area contributed by atoms with Gasteiger partial charge in [0.15, 0.2) is 6.10 Å². The van der Waals surface area contributed by atoms with Crippen molar-refractivity contribution in [3.63, 3.8) is 0 Å². The second-order valence-electron chi connectivity index (χ2n) is 6.95. The van der Waals surface area contributed by atoms with E-state index in [-0.39, 0.29) is 29.8 Å². The van der Waals surface area contributed by atoms with Gasteiger partial charge in [0.2, 0.25) is 15.9 Å². The summed E-state index contributed by atoms with van der Waals surface area (Å²) in [4.78, 5) is 27.0. The van der Waals surface area contributed by atoms with Gasteiger partial charge in [0.25, 0.3) is 5.91 Å². The minimum absolute atomic E-state index is 0.00672. The van der Waals surface area contributed by atoms with Gasteiger partial charge in [-0.2, -0.15) is 4.31 Å². The van der Waals surface area contributed by atoms with E-state index in [1.807, 2.05) is 17.5 Å². The third-order valence-electron chi connectivity index (χ3n) is 5.02. The SMILES string of the molecule is C[C@@H]1Oc2ccc(S(=O)(=O)N3CCN(C(=O)Cc4cccs4)CC3)cc2NC1=O. The van der Waals surface area contributed by atoms with Crippen molar-refractivity contribution < 1.29 is 22.7 Å². The zero-order chi connectivity index (χ0) is 20.6. The Morgan fingerprint density at radius 3 is 2.69 bits per heavy atom. The lowest BCUT2D eigenvalue weighted by Gasteiger charge is -2.34. The van der Waals surface area contributed by atoms with E-state index < -0.39 is 16.1 Å². The molecule has 0 bridgehead atoms. The molecule has 3 heterocycles. The van der Waals surface area contributed by atoms with Crippen LogP contribution in [0.4, 0.5) is 5.69 Å². The molecule has 1 fully saturated rings. The molecule has 2 aliphatic heterocycles. The monoisotopic (exact) mass is 435 g/mol. The Labute approximate surface area is 173 Å². The maximum atomic E-state index is 13.0. The van der Waals surface area contributed by atoms with E-state index in [1.165, 1.54) is 27.8 Å². The van der Waals surface area contributed by atoms with Crippen molar-refractivity contribution >= 4 is 38.9 Å². The van der Waals surface area contributed by atoms with Crippen molar-refractivity contribution in [3.8, 4) is 5.75 Å². The van der Waals surface area contributed by atoms with Crippen LogP contribution in [0.2, 0.25) is 0 Å². The van der Waals surface area contributed by atoms with Crippen LogP contribution >= 0.6 is 11.3 Å². The molecule has 0 aliphatic carbocycles. The van der Waals surface area contributed by atoms with Crippen molar-refractivity contribution in [3.05, 3.63) is 40.6 Å². The van der Waals surface area contributed by atoms with Crippen molar-refractivity contribution in [2.24, 2.45) is 0 Å². The van der Waals surface area contributed by atoms with Gasteiger partial charge in [0.1, 0.15) is 5.75 Å². The lowest BCUT2D eigenvalue weighted by molar-refractivity contribution is -0.131. The fourth-order valence-corrected chi connectivity index (χ4v) is 5.49. The number of hydrogen-bond donors (Lipinski definition) is 1. The number of ether oxygens (including phenoxy) is 1. The van der Waals surface area contributed by atoms with Gasteiger partial charge in [-0.15, -0.1) is 11.3 Å². The summed E-state index contributed by atoms with van der Waals surface area (Å²) in [5.74, 6) is 0.136. The van der Waals surface area contributed by atoms with Crippen molar-refractivity contribution in [1.29, 1.82) is 0 Å². The van der Waals surface area contributed by atoms with Crippen LogP contribution in [0.3, 0.4) is 0 Å². The second-order valence-corrected chi connectivity index (χ2v) is 9.92. The quantitative estimate of drug-likeness (QED) is 0.786. The molecule has 2 aromatic rings. The van der Waals surface area contributed by atoms with Crippen LogP contribution in [0, 0.1) is 0 Å². The van der Waals surface area contributed by atoms with E-state index in [4.69, 9.17) is 4.74 Å². The third kappa shape index (κ3) is 4.00. The van der Waals surface area contributed by atoms with Crippen molar-refractivity contribution in [2.45, 2.75) is 24.3 Å². The average molecular weight is 436 g/mol. The Balaban J connectivity index is 1.43. The Kier molecular flexibility index (Phi) is 5.32. The highest BCUT2D eigenvalue weighted by Gasteiger charge is 2.32. The molecule has 0 saturated carbocycles. The number of piperazine rings is 1. The molecule has 0 unspecified atom stereocenters. The lowest BCUT2D eigenvalue weighted by Crippen LogP contribution is -2.50. The Hall–Kier alpha value is -2.43. The molecular weight excluding hydrogens is 414 g/mol. The molecule has 10 heteroatoms. The molecule has 4 rings (SSSR count). The van der Waals surface area contributed by atoms with Gasteiger partial charge in [-0.25, -0.2) is 8.42 Å². The molecule has 1 N–H and O–H groups in total. The number of carbonyl (C=O) groups is 2. The van der Waals surface area contributed by atoms with Crippen molar-refractivity contribution in [1.82, 2.24) is 9.21 Å². The number of rotatable bonds is 4. The fraction of sp³-hybridized carbons (Fsp3) is 0.368. The van der Waals surface area contributed by atoms with Crippen LogP contribution in [0.15, 0.2) is 40.6 Å². The van der Waals surface area contributed by atoms with Gasteiger partial charge < -0.3 is 15.0 Å². The van der Waals surface area contributed by atoms with Crippen LogP contribution in [0.1, 0.15) is 11.8 Å². The summed E-state index contributed by atoms with van der Waals surface area (Å²) < 4.78 is 32.9. The first-order valence-electron chi connectivity index (χ1n) is 9.26. The Morgan fingerprint density at radius 2 is 2.00 bits per heavy atom. The van der Waals surface area contributed by atoms with Gasteiger partial charge in [-0.05, 0) is 36.6 Å². The summed E-state index contributed by atoms with van der Waals surface area (Å²) in [6.07, 6.45) is -0.280. The van der Waals surface area contributed by atoms with Gasteiger partial charge in [-0.3, -0.25) is 9.59 Å². The smallest absolute Gasteiger partial charge is 0.265 e. The van der Waals surface area contributed by atoms with E-state index in [9.17, 15) is 18.0 Å². The highest BCUT2D eigenvalue weighted by Crippen LogP contribution is 2.33. The lowest BCUT2D eigenvalue weighted by atomic mass is 10.2. The summed E-state index contributed by atoms with van der Waals surface area (Å²) in [5, 5.41) is 4.60. The molecule has 2 amide bonds. The average Bonchev–Trinajstić information content (AvgIpc) is 3.21. The zero-order valence-corrected chi connectivity index (χ0v) is 17.5. The van der Waals surface area contributed by atoms with E-state index >= 15 is 0 Å². The van der Waals surface area contributed by atoms with E-state index in [0.29, 0.717) is 30.9 Å². The predicted molar refractivity (Wildman–Crippen MR) is 109 cm³/mol. The number of anilines is 1. The fourth-order valence-electron chi connectivity index (χ4n) is 3.35. The minimum atomic E-state index is -3.74. The topological polar surface area (TPSA) is 96.0 Å². The first-order chi connectivity index (χ1) is 13.8. The highest BCUT2D eigenvalue weighted by atomic mass is 32.2. The first kappa shape index (κ1) is 19.9. The van der Waals surface area contributed by atoms with Crippen LogP contribution in [-0.2, 0) is 26.0 Å². The molecule has 29 heavy (non-hydrogen) atoms. The van der Waals surface area contributed by atoms with Gasteiger partial charge >= 0.3 is 0 Å². The van der Waals surface area contributed by atoms with Gasteiger partial charge in [0.05, 0.1) is 17.0 Å². The number of nitrogens with zero attached hydrogens (tertiary/aromatic N) is 2. The molecule has 1 aromatic heterocycles. The zero-order valence-electron chi connectivity index (χ0n) is 15.8. The maximum absolute atomic E-state index is 13.0. The Bertz CT molecular complexity index is 1030. The number of nitrogens with one attached hydrogen (secondary N) is 1. The maximum Gasteiger partial charge on any atom is 0.265 e. The molecule has 0 spiro atoms. The summed E-state index contributed by atoms with van der Waals surface area (Å²) in [6, 6.07) is 8.28. The Morgan fingerprint density at radius 1 is 1.24 bits per heavy atom. The summed E-state index contributed by atoms with van der Waals surface area (Å²) in [6.45, 7) is 2.80. The summed E-state index contributed by atoms with van der Waals surface area (Å²) in [7, 11) is -3.74. The second kappa shape index (κ2) is 7.77. The van der Waals surface area contributed by atoms with E-state index in [2.05, 4.69) is 5.32 Å². The highest BCUT2D eigenvalue weighted by molar-refractivity contribution is 7.89. The number of thiophene rings is 1. The molecule has 154 valence electrons. The molecule has 2 aliphatic rings. The van der Waals surface area contributed by atoms with Crippen LogP contribution in [0.5, 0.6) is 5.75 Å². The minimum Gasteiger partial charge on any atom is -0.479 e. The molecular formula is C19H21N3O5S2. The number of amides is 2. The van der Waals surface area contributed by atoms with E-state index in [1.54, 1.807) is 17.9 Å². The molecule has 8 nitrogen and oxygen atoms in total. The number of hydrogen-bond acceptors (Lipinski definition) is 6. The van der Waals surface area contributed by atoms with Gasteiger partial charge in [0, 0.05) is 31.1 Å². The summed E-state index contributed by atoms with van der Waals surface area (Å²) in [5.41, 5.74) is 0.346. The number of benzene rings is 1. The van der Waals surface area contributed by atoms with Crippen LogP contribution in [0.25, 0.3) is 0 Å². The molecule has 1 aromatic carbocycles. The van der Waals surface area contributed by atoms with E-state index in [0.717, 1.165) is 4.88 Å². The van der Waals surface area contributed by atoms with Crippen LogP contribution in [-0.4, -0.2) is 61.7 Å². The normalized spacial score (nSPS) is 20.0. The number of fused-ring (bicyclic) bond motifs is 1. The summed E-state index contributed by atoms with van der Waals surface area (Å²) >= 11 is 1.53. The largest absolute Gasteiger partial charge is 0.479 e. The number of sulfonamides is 1.